The second-order valence-corrected chi connectivity index (χ2v) is 4.41. The average Bonchev–Trinajstić information content (AvgIpc) is 2.86. The topological polar surface area (TPSA) is 50.9 Å². The SMILES string of the molecule is Nc1c(NC2CC=CC2)ccc2cnccc12. The highest BCUT2D eigenvalue weighted by Crippen LogP contribution is 2.29. The number of hydrogen-bond acceptors (Lipinski definition) is 3. The Hall–Kier alpha value is -2.03. The molecule has 17 heavy (non-hydrogen) atoms. The highest BCUT2D eigenvalue weighted by molar-refractivity contribution is 5.98. The average molecular weight is 225 g/mol. The number of fused-ring (bicyclic) bond motifs is 1. The van der Waals surface area contributed by atoms with Crippen LogP contribution in [0, 0.1) is 0 Å². The lowest BCUT2D eigenvalue weighted by molar-refractivity contribution is 0.787. The Morgan fingerprint density at radius 2 is 2.00 bits per heavy atom. The van der Waals surface area contributed by atoms with Crippen molar-refractivity contribution >= 4 is 22.1 Å². The molecule has 1 aromatic carbocycles. The number of aromatic nitrogens is 1. The van der Waals surface area contributed by atoms with Crippen LogP contribution >= 0.6 is 0 Å². The third kappa shape index (κ3) is 1.84. The summed E-state index contributed by atoms with van der Waals surface area (Å²) < 4.78 is 0. The molecule has 0 fully saturated rings. The number of pyridine rings is 1. The molecule has 2 aromatic rings. The van der Waals surface area contributed by atoms with Gasteiger partial charge in [0.2, 0.25) is 0 Å². The van der Waals surface area contributed by atoms with Gasteiger partial charge in [0, 0.05) is 29.2 Å². The largest absolute Gasteiger partial charge is 0.397 e. The summed E-state index contributed by atoms with van der Waals surface area (Å²) in [5.74, 6) is 0. The lowest BCUT2D eigenvalue weighted by Gasteiger charge is -2.16. The van der Waals surface area contributed by atoms with Crippen molar-refractivity contribution in [2.45, 2.75) is 18.9 Å². The van der Waals surface area contributed by atoms with Crippen LogP contribution in [-0.4, -0.2) is 11.0 Å². The Morgan fingerprint density at radius 1 is 1.18 bits per heavy atom. The van der Waals surface area contributed by atoms with Gasteiger partial charge in [0.1, 0.15) is 0 Å². The number of rotatable bonds is 2. The number of nitrogens with two attached hydrogens (primary N) is 1. The summed E-state index contributed by atoms with van der Waals surface area (Å²) in [7, 11) is 0. The first-order chi connectivity index (χ1) is 8.34. The fourth-order valence-corrected chi connectivity index (χ4v) is 2.27. The van der Waals surface area contributed by atoms with Crippen LogP contribution in [0.5, 0.6) is 0 Å². The van der Waals surface area contributed by atoms with Gasteiger partial charge in [-0.05, 0) is 25.0 Å². The summed E-state index contributed by atoms with van der Waals surface area (Å²) in [5, 5.41) is 5.64. The predicted molar refractivity (Wildman–Crippen MR) is 71.9 cm³/mol. The summed E-state index contributed by atoms with van der Waals surface area (Å²) in [4.78, 5) is 4.10. The van der Waals surface area contributed by atoms with Gasteiger partial charge < -0.3 is 11.1 Å². The van der Waals surface area contributed by atoms with Gasteiger partial charge in [0.05, 0.1) is 11.4 Å². The molecule has 3 nitrogen and oxygen atoms in total. The van der Waals surface area contributed by atoms with Crippen molar-refractivity contribution in [2.75, 3.05) is 11.1 Å². The molecule has 0 amide bonds. The molecule has 1 aromatic heterocycles. The number of nitrogens with zero attached hydrogens (tertiary/aromatic N) is 1. The maximum atomic E-state index is 6.19. The van der Waals surface area contributed by atoms with Crippen molar-refractivity contribution in [1.29, 1.82) is 0 Å². The van der Waals surface area contributed by atoms with Crippen LogP contribution in [0.3, 0.4) is 0 Å². The summed E-state index contributed by atoms with van der Waals surface area (Å²) in [6.45, 7) is 0. The Bertz CT molecular complexity index is 567. The molecule has 0 unspecified atom stereocenters. The van der Waals surface area contributed by atoms with Gasteiger partial charge >= 0.3 is 0 Å². The first-order valence-corrected chi connectivity index (χ1v) is 5.88. The molecule has 0 atom stereocenters. The van der Waals surface area contributed by atoms with E-state index in [-0.39, 0.29) is 0 Å². The molecule has 0 saturated carbocycles. The Labute approximate surface area is 100 Å². The van der Waals surface area contributed by atoms with Gasteiger partial charge in [-0.2, -0.15) is 0 Å². The van der Waals surface area contributed by atoms with E-state index in [9.17, 15) is 0 Å². The number of nitrogen functional groups attached to an aromatic ring is 1. The van der Waals surface area contributed by atoms with E-state index in [0.29, 0.717) is 6.04 Å². The molecule has 3 heteroatoms. The number of benzene rings is 1. The molecular formula is C14H15N3. The smallest absolute Gasteiger partial charge is 0.0630 e. The van der Waals surface area contributed by atoms with Crippen molar-refractivity contribution in [3.8, 4) is 0 Å². The summed E-state index contributed by atoms with van der Waals surface area (Å²) in [6, 6.07) is 6.54. The zero-order chi connectivity index (χ0) is 11.7. The van der Waals surface area contributed by atoms with Crippen molar-refractivity contribution in [3.63, 3.8) is 0 Å². The van der Waals surface area contributed by atoms with Crippen LogP contribution in [0.25, 0.3) is 10.8 Å². The van der Waals surface area contributed by atoms with Crippen LogP contribution in [0.15, 0.2) is 42.7 Å². The van der Waals surface area contributed by atoms with Gasteiger partial charge in [0.15, 0.2) is 0 Å². The van der Waals surface area contributed by atoms with Crippen molar-refractivity contribution in [3.05, 3.63) is 42.7 Å². The zero-order valence-corrected chi connectivity index (χ0v) is 9.56. The first kappa shape index (κ1) is 10.1. The molecule has 0 aliphatic heterocycles. The fraction of sp³-hybridized carbons (Fsp3) is 0.214. The number of nitrogens with one attached hydrogen (secondary N) is 1. The number of anilines is 2. The van der Waals surface area contributed by atoms with Gasteiger partial charge in [0.25, 0.3) is 0 Å². The molecule has 1 heterocycles. The summed E-state index contributed by atoms with van der Waals surface area (Å²) >= 11 is 0. The van der Waals surface area contributed by atoms with Crippen LogP contribution in [0.1, 0.15) is 12.8 Å². The van der Waals surface area contributed by atoms with E-state index in [1.54, 1.807) is 6.20 Å². The van der Waals surface area contributed by atoms with Crippen LogP contribution in [0.2, 0.25) is 0 Å². The van der Waals surface area contributed by atoms with Gasteiger partial charge in [-0.1, -0.05) is 18.2 Å². The van der Waals surface area contributed by atoms with E-state index in [2.05, 4.69) is 28.5 Å². The Balaban J connectivity index is 1.96. The van der Waals surface area contributed by atoms with E-state index in [1.807, 2.05) is 18.3 Å². The Kier molecular flexibility index (Phi) is 2.44. The molecule has 1 aliphatic carbocycles. The molecule has 1 aliphatic rings. The highest BCUT2D eigenvalue weighted by atomic mass is 14.9. The second kappa shape index (κ2) is 4.09. The zero-order valence-electron chi connectivity index (χ0n) is 9.56. The van der Waals surface area contributed by atoms with E-state index in [0.717, 1.165) is 35.0 Å². The van der Waals surface area contributed by atoms with E-state index in [1.165, 1.54) is 0 Å². The number of hydrogen-bond donors (Lipinski definition) is 2. The minimum atomic E-state index is 0.483. The van der Waals surface area contributed by atoms with Crippen LogP contribution < -0.4 is 11.1 Å². The summed E-state index contributed by atoms with van der Waals surface area (Å²) in [6.07, 6.45) is 10.2. The maximum absolute atomic E-state index is 6.19. The molecule has 0 saturated heterocycles. The third-order valence-corrected chi connectivity index (χ3v) is 3.23. The molecule has 0 spiro atoms. The second-order valence-electron chi connectivity index (χ2n) is 4.41. The highest BCUT2D eigenvalue weighted by Gasteiger charge is 2.12. The fourth-order valence-electron chi connectivity index (χ4n) is 2.27. The van der Waals surface area contributed by atoms with Crippen molar-refractivity contribution in [2.24, 2.45) is 0 Å². The van der Waals surface area contributed by atoms with E-state index < -0.39 is 0 Å². The maximum Gasteiger partial charge on any atom is 0.0630 e. The molecular weight excluding hydrogens is 210 g/mol. The standard InChI is InChI=1S/C14H15N3/c15-14-12-7-8-16-9-10(12)5-6-13(14)17-11-3-1-2-4-11/h1-2,5-9,11,17H,3-4,15H2. The molecule has 0 radical (unpaired) electrons. The van der Waals surface area contributed by atoms with Crippen molar-refractivity contribution in [1.82, 2.24) is 4.98 Å². The van der Waals surface area contributed by atoms with Gasteiger partial charge in [-0.15, -0.1) is 0 Å². The van der Waals surface area contributed by atoms with Gasteiger partial charge in [-0.3, -0.25) is 4.98 Å². The quantitative estimate of drug-likeness (QED) is 0.610. The molecule has 3 rings (SSSR count). The Morgan fingerprint density at radius 3 is 2.82 bits per heavy atom. The summed E-state index contributed by atoms with van der Waals surface area (Å²) in [5.41, 5.74) is 8.03. The normalized spacial score (nSPS) is 15.5. The minimum absolute atomic E-state index is 0.483. The van der Waals surface area contributed by atoms with E-state index in [4.69, 9.17) is 5.73 Å². The predicted octanol–water partition coefficient (Wildman–Crippen LogP) is 2.95. The monoisotopic (exact) mass is 225 g/mol. The van der Waals surface area contributed by atoms with Gasteiger partial charge in [-0.25, -0.2) is 0 Å². The van der Waals surface area contributed by atoms with E-state index >= 15 is 0 Å². The molecule has 0 bridgehead atoms. The lowest BCUT2D eigenvalue weighted by Crippen LogP contribution is -2.16. The van der Waals surface area contributed by atoms with Crippen molar-refractivity contribution < 1.29 is 0 Å². The molecule has 86 valence electrons. The third-order valence-electron chi connectivity index (χ3n) is 3.23. The molecule has 3 N–H and O–H groups in total. The van der Waals surface area contributed by atoms with Crippen LogP contribution in [0.4, 0.5) is 11.4 Å². The minimum Gasteiger partial charge on any atom is -0.397 e. The van der Waals surface area contributed by atoms with Crippen LogP contribution in [-0.2, 0) is 0 Å². The lowest BCUT2D eigenvalue weighted by atomic mass is 10.1. The first-order valence-electron chi connectivity index (χ1n) is 5.88.